The van der Waals surface area contributed by atoms with E-state index in [1.165, 1.54) is 37.5 Å². The molecular weight excluding hydrogens is 283 g/mol. The van der Waals surface area contributed by atoms with E-state index in [1.807, 2.05) is 0 Å². The summed E-state index contributed by atoms with van der Waals surface area (Å²) in [6.45, 7) is 1.36. The zero-order valence-electron chi connectivity index (χ0n) is 11.0. The topological polar surface area (TPSA) is 68.0 Å². The third kappa shape index (κ3) is 3.31. The Morgan fingerprint density at radius 3 is 2.62 bits per heavy atom. The minimum Gasteiger partial charge on any atom is -0.397 e. The van der Waals surface area contributed by atoms with Crippen LogP contribution in [0.25, 0.3) is 0 Å². The predicted molar refractivity (Wildman–Crippen MR) is 72.8 cm³/mol. The molecule has 0 aliphatic heterocycles. The van der Waals surface area contributed by atoms with Gasteiger partial charge in [-0.05, 0) is 30.7 Å². The first kappa shape index (κ1) is 14.8. The van der Waals surface area contributed by atoms with E-state index in [0.717, 1.165) is 6.07 Å². The summed E-state index contributed by atoms with van der Waals surface area (Å²) in [6, 6.07) is 4.99. The minimum absolute atomic E-state index is 0.0501. The number of benzene rings is 1. The van der Waals surface area contributed by atoms with Crippen LogP contribution in [0.5, 0.6) is 0 Å². The lowest BCUT2D eigenvalue weighted by molar-refractivity contribution is -0.138. The number of nitrogens with two attached hydrogens (primary N) is 1. The number of amides is 1. The molecule has 0 fully saturated rings. The highest BCUT2D eigenvalue weighted by Gasteiger charge is 2.32. The third-order valence-corrected chi connectivity index (χ3v) is 2.90. The average Bonchev–Trinajstić information content (AvgIpc) is 2.40. The Labute approximate surface area is 118 Å². The van der Waals surface area contributed by atoms with Gasteiger partial charge < -0.3 is 11.1 Å². The number of nitrogens with zero attached hydrogens (tertiary/aromatic N) is 1. The number of carbonyl (C=O) groups is 1. The summed E-state index contributed by atoms with van der Waals surface area (Å²) in [5, 5.41) is 2.39. The summed E-state index contributed by atoms with van der Waals surface area (Å²) in [5.74, 6) is -0.591. The molecular formula is C14H12F3N3O. The van der Waals surface area contributed by atoms with E-state index in [1.54, 1.807) is 0 Å². The van der Waals surface area contributed by atoms with Crippen molar-refractivity contribution in [3.8, 4) is 0 Å². The zero-order valence-corrected chi connectivity index (χ0v) is 11.0. The molecule has 0 saturated carbocycles. The van der Waals surface area contributed by atoms with E-state index in [4.69, 9.17) is 5.73 Å². The van der Waals surface area contributed by atoms with Gasteiger partial charge in [0, 0.05) is 11.9 Å². The lowest BCUT2D eigenvalue weighted by Crippen LogP contribution is -2.15. The van der Waals surface area contributed by atoms with Crippen LogP contribution in [0.1, 0.15) is 21.5 Å². The Bertz CT molecular complexity index is 683. The summed E-state index contributed by atoms with van der Waals surface area (Å²) in [5.41, 5.74) is 5.25. The number of hydrogen-bond donors (Lipinski definition) is 2. The van der Waals surface area contributed by atoms with Gasteiger partial charge in [0.15, 0.2) is 0 Å². The molecule has 0 aliphatic rings. The lowest BCUT2D eigenvalue weighted by Gasteiger charge is -2.13. The quantitative estimate of drug-likeness (QED) is 0.893. The summed E-state index contributed by atoms with van der Waals surface area (Å²) in [4.78, 5) is 15.7. The summed E-state index contributed by atoms with van der Waals surface area (Å²) >= 11 is 0. The van der Waals surface area contributed by atoms with E-state index in [0.29, 0.717) is 0 Å². The van der Waals surface area contributed by atoms with Crippen LogP contribution >= 0.6 is 0 Å². The van der Waals surface area contributed by atoms with Gasteiger partial charge in [0.25, 0.3) is 5.91 Å². The SMILES string of the molecule is Cc1ccc(NC(=O)c2ccncc2N)cc1C(F)(F)F. The number of rotatable bonds is 2. The molecule has 3 N–H and O–H groups in total. The number of nitrogens with one attached hydrogen (secondary N) is 1. The number of aromatic nitrogens is 1. The van der Waals surface area contributed by atoms with E-state index >= 15 is 0 Å². The molecule has 1 aromatic carbocycles. The molecule has 2 rings (SSSR count). The van der Waals surface area contributed by atoms with Gasteiger partial charge in [-0.3, -0.25) is 9.78 Å². The number of anilines is 2. The van der Waals surface area contributed by atoms with Gasteiger partial charge >= 0.3 is 6.18 Å². The third-order valence-electron chi connectivity index (χ3n) is 2.90. The fourth-order valence-electron chi connectivity index (χ4n) is 1.82. The second-order valence-electron chi connectivity index (χ2n) is 4.44. The van der Waals surface area contributed by atoms with Crippen LogP contribution in [0, 0.1) is 6.92 Å². The summed E-state index contributed by atoms with van der Waals surface area (Å²) < 4.78 is 38.4. The molecule has 1 heterocycles. The standard InChI is InChI=1S/C14H12F3N3O/c1-8-2-3-9(6-11(8)14(15,16)17)20-13(21)10-4-5-19-7-12(10)18/h2-7H,18H2,1H3,(H,20,21). The molecule has 7 heteroatoms. The van der Waals surface area contributed by atoms with Crippen LogP contribution in [-0.4, -0.2) is 10.9 Å². The number of aryl methyl sites for hydroxylation is 1. The van der Waals surface area contributed by atoms with Crippen molar-refractivity contribution in [1.29, 1.82) is 0 Å². The molecule has 1 amide bonds. The van der Waals surface area contributed by atoms with Crippen molar-refractivity contribution >= 4 is 17.3 Å². The van der Waals surface area contributed by atoms with E-state index in [9.17, 15) is 18.0 Å². The van der Waals surface area contributed by atoms with Gasteiger partial charge in [0.05, 0.1) is 23.0 Å². The normalized spacial score (nSPS) is 11.2. The highest BCUT2D eigenvalue weighted by atomic mass is 19.4. The molecule has 0 radical (unpaired) electrons. The van der Waals surface area contributed by atoms with Crippen LogP contribution < -0.4 is 11.1 Å². The first-order valence-corrected chi connectivity index (χ1v) is 5.97. The number of hydrogen-bond acceptors (Lipinski definition) is 3. The molecule has 0 bridgehead atoms. The molecule has 2 aromatic rings. The molecule has 0 unspecified atom stereocenters. The van der Waals surface area contributed by atoms with Gasteiger partial charge in [-0.1, -0.05) is 6.07 Å². The number of alkyl halides is 3. The lowest BCUT2D eigenvalue weighted by atomic mass is 10.1. The maximum atomic E-state index is 12.8. The molecule has 21 heavy (non-hydrogen) atoms. The highest BCUT2D eigenvalue weighted by molar-refractivity contribution is 6.07. The smallest absolute Gasteiger partial charge is 0.397 e. The number of carbonyl (C=O) groups excluding carboxylic acids is 1. The fraction of sp³-hybridized carbons (Fsp3) is 0.143. The fourth-order valence-corrected chi connectivity index (χ4v) is 1.82. The molecule has 0 atom stereocenters. The van der Waals surface area contributed by atoms with Crippen molar-refractivity contribution in [2.75, 3.05) is 11.1 Å². The van der Waals surface area contributed by atoms with Crippen LogP contribution in [0.2, 0.25) is 0 Å². The Hall–Kier alpha value is -2.57. The van der Waals surface area contributed by atoms with E-state index < -0.39 is 17.6 Å². The summed E-state index contributed by atoms with van der Waals surface area (Å²) in [6.07, 6.45) is -1.80. The number of pyridine rings is 1. The maximum Gasteiger partial charge on any atom is 0.416 e. The molecule has 0 saturated heterocycles. The Balaban J connectivity index is 2.29. The highest BCUT2D eigenvalue weighted by Crippen LogP contribution is 2.33. The molecule has 0 aliphatic carbocycles. The van der Waals surface area contributed by atoms with Crippen molar-refractivity contribution in [2.45, 2.75) is 13.1 Å². The maximum absolute atomic E-state index is 12.8. The van der Waals surface area contributed by atoms with Gasteiger partial charge in [0.2, 0.25) is 0 Å². The monoisotopic (exact) mass is 295 g/mol. The van der Waals surface area contributed by atoms with Gasteiger partial charge in [0.1, 0.15) is 0 Å². The predicted octanol–water partition coefficient (Wildman–Crippen LogP) is 3.24. The summed E-state index contributed by atoms with van der Waals surface area (Å²) in [7, 11) is 0. The Kier molecular flexibility index (Phi) is 3.84. The first-order valence-electron chi connectivity index (χ1n) is 5.97. The Morgan fingerprint density at radius 2 is 2.00 bits per heavy atom. The zero-order chi connectivity index (χ0) is 15.6. The van der Waals surface area contributed by atoms with Gasteiger partial charge in [-0.25, -0.2) is 0 Å². The minimum atomic E-state index is -4.47. The van der Waals surface area contributed by atoms with Gasteiger partial charge in [-0.2, -0.15) is 13.2 Å². The van der Waals surface area contributed by atoms with Crippen molar-refractivity contribution in [3.05, 3.63) is 53.3 Å². The van der Waals surface area contributed by atoms with Crippen molar-refractivity contribution in [1.82, 2.24) is 4.98 Å². The molecule has 4 nitrogen and oxygen atoms in total. The second kappa shape index (κ2) is 5.43. The van der Waals surface area contributed by atoms with Crippen molar-refractivity contribution < 1.29 is 18.0 Å². The molecule has 110 valence electrons. The average molecular weight is 295 g/mol. The van der Waals surface area contributed by atoms with Crippen LogP contribution in [0.15, 0.2) is 36.7 Å². The van der Waals surface area contributed by atoms with Gasteiger partial charge in [-0.15, -0.1) is 0 Å². The number of halogens is 3. The molecule has 0 spiro atoms. The largest absolute Gasteiger partial charge is 0.416 e. The Morgan fingerprint density at radius 1 is 1.29 bits per heavy atom. The molecule has 1 aromatic heterocycles. The second-order valence-corrected chi connectivity index (χ2v) is 4.44. The van der Waals surface area contributed by atoms with Crippen LogP contribution in [0.4, 0.5) is 24.5 Å². The van der Waals surface area contributed by atoms with Crippen molar-refractivity contribution in [3.63, 3.8) is 0 Å². The van der Waals surface area contributed by atoms with E-state index in [-0.39, 0.29) is 22.5 Å². The van der Waals surface area contributed by atoms with Crippen LogP contribution in [0.3, 0.4) is 0 Å². The van der Waals surface area contributed by atoms with Crippen LogP contribution in [-0.2, 0) is 6.18 Å². The van der Waals surface area contributed by atoms with Crippen molar-refractivity contribution in [2.24, 2.45) is 0 Å². The van der Waals surface area contributed by atoms with E-state index in [2.05, 4.69) is 10.3 Å². The number of nitrogen functional groups attached to an aromatic ring is 1. The first-order chi connectivity index (χ1) is 9.79.